The fourth-order valence-electron chi connectivity index (χ4n) is 0.961. The van der Waals surface area contributed by atoms with Crippen LogP contribution in [0.4, 0.5) is 0 Å². The van der Waals surface area contributed by atoms with E-state index in [1.54, 1.807) is 0 Å². The van der Waals surface area contributed by atoms with Crippen LogP contribution in [0, 0.1) is 0 Å². The van der Waals surface area contributed by atoms with E-state index in [1.807, 2.05) is 0 Å². The molecule has 0 aromatic carbocycles. The number of aliphatic hydroxyl groups excluding tert-OH is 2. The molecular formula is C6H6Br2O6. The molecule has 0 aromatic rings. The molecule has 1 heterocycles. The molecule has 0 saturated carbocycles. The summed E-state index contributed by atoms with van der Waals surface area (Å²) in [6.45, 7) is 0. The van der Waals surface area contributed by atoms with Gasteiger partial charge in [0.05, 0.1) is 0 Å². The van der Waals surface area contributed by atoms with Crippen molar-refractivity contribution in [2.45, 2.75) is 22.8 Å². The molecule has 0 bridgehead atoms. The summed E-state index contributed by atoms with van der Waals surface area (Å²) in [6.07, 6.45) is -5.05. The van der Waals surface area contributed by atoms with E-state index in [1.165, 1.54) is 0 Å². The van der Waals surface area contributed by atoms with Crippen molar-refractivity contribution in [1.82, 2.24) is 0 Å². The first kappa shape index (κ1) is 12.1. The smallest absolute Gasteiger partial charge is 0.353 e. The Labute approximate surface area is 95.1 Å². The maximum absolute atomic E-state index is 11.0. The van der Waals surface area contributed by atoms with Crippen LogP contribution in [0.2, 0.25) is 0 Å². The molecule has 0 radical (unpaired) electrons. The number of ether oxygens (including phenoxy) is 1. The number of hydrogen-bond acceptors (Lipinski definition) is 6. The highest BCUT2D eigenvalue weighted by atomic mass is 79.9. The van der Waals surface area contributed by atoms with Crippen molar-refractivity contribution < 1.29 is 29.6 Å². The molecule has 1 aliphatic rings. The second kappa shape index (κ2) is 3.86. The average molecular weight is 334 g/mol. The van der Waals surface area contributed by atoms with Gasteiger partial charge in [-0.25, -0.2) is 4.79 Å². The molecule has 1 fully saturated rings. The molecule has 80 valence electrons. The van der Waals surface area contributed by atoms with E-state index in [-0.39, 0.29) is 0 Å². The Morgan fingerprint density at radius 2 is 2.00 bits per heavy atom. The number of alkyl halides is 1. The van der Waals surface area contributed by atoms with E-state index in [0.29, 0.717) is 0 Å². The third-order valence-electron chi connectivity index (χ3n) is 1.77. The van der Waals surface area contributed by atoms with Crippen LogP contribution in [0.1, 0.15) is 0 Å². The van der Waals surface area contributed by atoms with E-state index in [9.17, 15) is 24.9 Å². The van der Waals surface area contributed by atoms with Crippen LogP contribution in [0.25, 0.3) is 0 Å². The number of hydrogen-bond donors (Lipinski definition) is 3. The quantitative estimate of drug-likeness (QED) is 0.311. The predicted molar refractivity (Wildman–Crippen MR) is 49.7 cm³/mol. The normalized spacial score (nSPS) is 43.2. The van der Waals surface area contributed by atoms with Gasteiger partial charge in [-0.2, -0.15) is 0 Å². The molecule has 1 aliphatic heterocycles. The van der Waals surface area contributed by atoms with Crippen LogP contribution >= 0.6 is 31.9 Å². The molecular weight excluding hydrogens is 328 g/mol. The average Bonchev–Trinajstić information content (AvgIpc) is 2.08. The van der Waals surface area contributed by atoms with E-state index < -0.39 is 33.5 Å². The van der Waals surface area contributed by atoms with Gasteiger partial charge < -0.3 is 20.1 Å². The Morgan fingerprint density at radius 3 is 2.43 bits per heavy atom. The standard InChI is InChI=1S/C6H6Br2O6/c7-4(11)2-1(9)3(10)6(8,13)5(12)14-2/h1-3,9-10,13H/t1-,2+,3+,6+/m1/s1. The number of rotatable bonds is 1. The van der Waals surface area contributed by atoms with Crippen LogP contribution in [-0.4, -0.2) is 48.8 Å². The molecule has 1 rings (SSSR count). The van der Waals surface area contributed by atoms with Crippen molar-refractivity contribution in [2.24, 2.45) is 0 Å². The highest BCUT2D eigenvalue weighted by Crippen LogP contribution is 2.31. The van der Waals surface area contributed by atoms with Crippen LogP contribution in [-0.2, 0) is 14.3 Å². The van der Waals surface area contributed by atoms with Crippen molar-refractivity contribution >= 4 is 42.5 Å². The van der Waals surface area contributed by atoms with Crippen molar-refractivity contribution in [3.8, 4) is 0 Å². The van der Waals surface area contributed by atoms with Gasteiger partial charge >= 0.3 is 5.97 Å². The fourth-order valence-corrected chi connectivity index (χ4v) is 1.69. The maximum Gasteiger partial charge on any atom is 0.353 e. The zero-order valence-corrected chi connectivity index (χ0v) is 9.73. The van der Waals surface area contributed by atoms with Crippen LogP contribution in [0.5, 0.6) is 0 Å². The van der Waals surface area contributed by atoms with Gasteiger partial charge in [-0.3, -0.25) is 4.79 Å². The first-order chi connectivity index (χ1) is 6.28. The minimum absolute atomic E-state index is 0.791. The molecule has 0 aliphatic carbocycles. The molecule has 0 amide bonds. The lowest BCUT2D eigenvalue weighted by atomic mass is 10.0. The van der Waals surface area contributed by atoms with Gasteiger partial charge in [0.15, 0.2) is 6.10 Å². The lowest BCUT2D eigenvalue weighted by Gasteiger charge is -2.36. The van der Waals surface area contributed by atoms with Gasteiger partial charge in [-0.1, -0.05) is 0 Å². The van der Waals surface area contributed by atoms with Gasteiger partial charge in [0.1, 0.15) is 12.2 Å². The molecule has 0 unspecified atom stereocenters. The minimum atomic E-state index is -2.38. The summed E-state index contributed by atoms with van der Waals surface area (Å²) in [5.74, 6) is -1.23. The predicted octanol–water partition coefficient (Wildman–Crippen LogP) is -1.36. The monoisotopic (exact) mass is 332 g/mol. The second-order valence-electron chi connectivity index (χ2n) is 2.74. The Kier molecular flexibility index (Phi) is 3.32. The number of cyclic esters (lactones) is 1. The van der Waals surface area contributed by atoms with E-state index >= 15 is 0 Å². The zero-order valence-electron chi connectivity index (χ0n) is 6.55. The van der Waals surface area contributed by atoms with Gasteiger partial charge in [0.25, 0.3) is 0 Å². The molecule has 3 N–H and O–H groups in total. The van der Waals surface area contributed by atoms with E-state index in [0.717, 1.165) is 0 Å². The second-order valence-corrected chi connectivity index (χ2v) is 4.73. The lowest BCUT2D eigenvalue weighted by molar-refractivity contribution is -0.205. The largest absolute Gasteiger partial charge is 0.448 e. The summed E-state index contributed by atoms with van der Waals surface area (Å²) >= 11 is 4.97. The Hall–Kier alpha value is -0.0200. The lowest BCUT2D eigenvalue weighted by Crippen LogP contribution is -2.62. The Morgan fingerprint density at radius 1 is 1.50 bits per heavy atom. The molecule has 6 nitrogen and oxygen atoms in total. The maximum atomic E-state index is 11.0. The summed E-state index contributed by atoms with van der Waals surface area (Å²) in [5.41, 5.74) is 0. The Balaban J connectivity index is 2.95. The van der Waals surface area contributed by atoms with Gasteiger partial charge in [0.2, 0.25) is 9.20 Å². The molecule has 0 spiro atoms. The molecule has 0 aromatic heterocycles. The van der Waals surface area contributed by atoms with Crippen LogP contribution in [0.15, 0.2) is 0 Å². The molecule has 8 heteroatoms. The van der Waals surface area contributed by atoms with Gasteiger partial charge in [0, 0.05) is 0 Å². The molecule has 14 heavy (non-hydrogen) atoms. The van der Waals surface area contributed by atoms with Gasteiger partial charge in [-0.15, -0.1) is 0 Å². The van der Waals surface area contributed by atoms with Crippen molar-refractivity contribution in [1.29, 1.82) is 0 Å². The van der Waals surface area contributed by atoms with Crippen molar-refractivity contribution in [3.63, 3.8) is 0 Å². The topological polar surface area (TPSA) is 104 Å². The van der Waals surface area contributed by atoms with E-state index in [4.69, 9.17) is 0 Å². The van der Waals surface area contributed by atoms with Crippen molar-refractivity contribution in [2.75, 3.05) is 0 Å². The minimum Gasteiger partial charge on any atom is -0.448 e. The summed E-state index contributed by atoms with van der Waals surface area (Å²) in [7, 11) is 0. The molecule has 4 atom stereocenters. The highest BCUT2D eigenvalue weighted by Gasteiger charge is 2.55. The summed E-state index contributed by atoms with van der Waals surface area (Å²) in [5, 5.41) is 27.9. The summed E-state index contributed by atoms with van der Waals surface area (Å²) in [6, 6.07) is 0. The third-order valence-corrected chi connectivity index (χ3v) is 3.01. The number of esters is 1. The van der Waals surface area contributed by atoms with E-state index in [2.05, 4.69) is 36.6 Å². The number of halogens is 2. The van der Waals surface area contributed by atoms with Crippen molar-refractivity contribution in [3.05, 3.63) is 0 Å². The van der Waals surface area contributed by atoms with Crippen LogP contribution < -0.4 is 0 Å². The SMILES string of the molecule is O=C(Br)[C@H]1OC(=O)[C@](O)(Br)[C@@H](O)[C@@H]1O. The summed E-state index contributed by atoms with van der Waals surface area (Å²) in [4.78, 5) is 21.8. The van der Waals surface area contributed by atoms with Crippen LogP contribution in [0.3, 0.4) is 0 Å². The fraction of sp³-hybridized carbons (Fsp3) is 0.667. The number of carbonyl (C=O) groups excluding carboxylic acids is 2. The first-order valence-electron chi connectivity index (χ1n) is 3.46. The highest BCUT2D eigenvalue weighted by molar-refractivity contribution is 9.18. The Bertz CT molecular complexity index is 277. The van der Waals surface area contributed by atoms with Gasteiger partial charge in [-0.05, 0) is 31.9 Å². The summed E-state index contributed by atoms with van der Waals surface area (Å²) < 4.78 is 1.23. The number of carbonyl (C=O) groups is 2. The molecule has 1 saturated heterocycles. The first-order valence-corrected chi connectivity index (χ1v) is 5.05. The number of aliphatic hydroxyl groups is 3. The third kappa shape index (κ3) is 1.84. The zero-order chi connectivity index (χ0) is 11.1.